The molecule has 3 N–H and O–H groups in total. The summed E-state index contributed by atoms with van der Waals surface area (Å²) in [5, 5.41) is 2.44. The van der Waals surface area contributed by atoms with Gasteiger partial charge >= 0.3 is 6.18 Å². The van der Waals surface area contributed by atoms with Crippen LogP contribution in [0.4, 0.5) is 32.0 Å². The van der Waals surface area contributed by atoms with Crippen molar-refractivity contribution in [2.45, 2.75) is 37.4 Å². The van der Waals surface area contributed by atoms with Gasteiger partial charge in [-0.1, -0.05) is 0 Å². The number of nitrogens with two attached hydrogens (primary N) is 1. The largest absolute Gasteiger partial charge is 0.465 e. The lowest BCUT2D eigenvalue weighted by molar-refractivity contribution is -0.137. The SMILES string of the molecule is CC(F)(F)C1CC[C@]2(c3cc(NC(=O)c4ccc(C(F)(F)F)cn4)ccc3F)N=C(N)OC[C@H]12. The van der Waals surface area contributed by atoms with Gasteiger partial charge in [0.25, 0.3) is 11.9 Å². The summed E-state index contributed by atoms with van der Waals surface area (Å²) in [6.07, 6.45) is -3.94. The monoisotopic (exact) mass is 486 g/mol. The van der Waals surface area contributed by atoms with Crippen LogP contribution in [0.15, 0.2) is 41.5 Å². The molecule has 0 spiro atoms. The van der Waals surface area contributed by atoms with Crippen LogP contribution in [0.1, 0.15) is 41.4 Å². The van der Waals surface area contributed by atoms with Crippen LogP contribution >= 0.6 is 0 Å². The number of pyridine rings is 1. The van der Waals surface area contributed by atoms with Gasteiger partial charge in [0, 0.05) is 29.3 Å². The van der Waals surface area contributed by atoms with E-state index in [0.717, 1.165) is 19.1 Å². The summed E-state index contributed by atoms with van der Waals surface area (Å²) < 4.78 is 86.8. The number of alkyl halides is 5. The number of benzene rings is 1. The zero-order chi connectivity index (χ0) is 24.9. The highest BCUT2D eigenvalue weighted by atomic mass is 19.4. The van der Waals surface area contributed by atoms with Gasteiger partial charge in [-0.05, 0) is 50.1 Å². The maximum atomic E-state index is 15.0. The first-order chi connectivity index (χ1) is 15.8. The first-order valence-corrected chi connectivity index (χ1v) is 10.3. The van der Waals surface area contributed by atoms with Crippen molar-refractivity contribution in [3.8, 4) is 0 Å². The molecule has 1 aromatic heterocycles. The van der Waals surface area contributed by atoms with Crippen LogP contribution in [-0.4, -0.2) is 29.4 Å². The number of carbonyl (C=O) groups is 1. The standard InChI is InChI=1S/C22H20F6N4O2/c1-20(24,25)13-6-7-21(15(13)10-34-19(29)32-21)14-8-12(3-4-16(14)23)31-18(33)17-5-2-11(9-30-17)22(26,27)28/h2-5,8-9,13,15H,6-7,10H2,1H3,(H2,29,32)(H,31,33)/t13?,15-,21-/m1/s1. The Hall–Kier alpha value is -3.31. The third kappa shape index (κ3) is 4.28. The van der Waals surface area contributed by atoms with Gasteiger partial charge in [-0.15, -0.1) is 0 Å². The van der Waals surface area contributed by atoms with Crippen molar-refractivity contribution in [3.63, 3.8) is 0 Å². The van der Waals surface area contributed by atoms with Gasteiger partial charge < -0.3 is 15.8 Å². The van der Waals surface area contributed by atoms with Crippen molar-refractivity contribution in [2.24, 2.45) is 22.6 Å². The number of nitrogens with one attached hydrogen (secondary N) is 1. The van der Waals surface area contributed by atoms with E-state index >= 15 is 0 Å². The van der Waals surface area contributed by atoms with Crippen LogP contribution in [0.2, 0.25) is 0 Å². The normalized spacial score (nSPS) is 24.7. The van der Waals surface area contributed by atoms with Crippen molar-refractivity contribution < 1.29 is 35.9 Å². The maximum absolute atomic E-state index is 15.0. The number of amidine groups is 1. The predicted molar refractivity (Wildman–Crippen MR) is 110 cm³/mol. The average Bonchev–Trinajstić information content (AvgIpc) is 3.14. The van der Waals surface area contributed by atoms with Gasteiger partial charge in [-0.2, -0.15) is 13.2 Å². The van der Waals surface area contributed by atoms with E-state index in [2.05, 4.69) is 15.3 Å². The molecule has 1 aliphatic heterocycles. The summed E-state index contributed by atoms with van der Waals surface area (Å²) in [7, 11) is 0. The van der Waals surface area contributed by atoms with Gasteiger partial charge in [0.15, 0.2) is 0 Å². The number of aromatic nitrogens is 1. The minimum Gasteiger partial charge on any atom is -0.465 e. The highest BCUT2D eigenvalue weighted by Gasteiger charge is 2.59. The number of aliphatic imine (C=N–C) groups is 1. The zero-order valence-electron chi connectivity index (χ0n) is 17.8. The smallest absolute Gasteiger partial charge is 0.417 e. The predicted octanol–water partition coefficient (Wildman–Crippen LogP) is 4.71. The fourth-order valence-electron chi connectivity index (χ4n) is 4.72. The number of hydrogen-bond acceptors (Lipinski definition) is 5. The van der Waals surface area contributed by atoms with Crippen molar-refractivity contribution in [2.75, 3.05) is 11.9 Å². The quantitative estimate of drug-likeness (QED) is 0.613. The highest BCUT2D eigenvalue weighted by Crippen LogP contribution is 2.56. The molecule has 3 atom stereocenters. The van der Waals surface area contributed by atoms with Crippen LogP contribution in [-0.2, 0) is 16.5 Å². The lowest BCUT2D eigenvalue weighted by Crippen LogP contribution is -2.45. The molecule has 1 amide bonds. The molecule has 1 unspecified atom stereocenters. The third-order valence-electron chi connectivity index (χ3n) is 6.32. The van der Waals surface area contributed by atoms with E-state index in [1.165, 1.54) is 12.1 Å². The van der Waals surface area contributed by atoms with E-state index in [9.17, 15) is 31.1 Å². The van der Waals surface area contributed by atoms with Gasteiger partial charge in [-0.25, -0.2) is 18.2 Å². The summed E-state index contributed by atoms with van der Waals surface area (Å²) in [6, 6.07) is 4.92. The molecule has 1 aromatic carbocycles. The molecule has 2 aliphatic rings. The molecule has 12 heteroatoms. The van der Waals surface area contributed by atoms with Crippen LogP contribution in [0.25, 0.3) is 0 Å². The topological polar surface area (TPSA) is 89.6 Å². The minimum atomic E-state index is -4.61. The molecule has 0 saturated heterocycles. The summed E-state index contributed by atoms with van der Waals surface area (Å²) in [6.45, 7) is 0.619. The van der Waals surface area contributed by atoms with E-state index in [1.54, 1.807) is 0 Å². The Labute approximate surface area is 190 Å². The van der Waals surface area contributed by atoms with Crippen LogP contribution < -0.4 is 11.1 Å². The Balaban J connectivity index is 1.66. The lowest BCUT2D eigenvalue weighted by atomic mass is 9.76. The van der Waals surface area contributed by atoms with E-state index in [1.807, 2.05) is 0 Å². The van der Waals surface area contributed by atoms with Crippen LogP contribution in [0.3, 0.4) is 0 Å². The minimum absolute atomic E-state index is 0.0336. The number of carbonyl (C=O) groups excluding carboxylic acids is 1. The first kappa shape index (κ1) is 23.8. The molecular weight excluding hydrogens is 466 g/mol. The van der Waals surface area contributed by atoms with Gasteiger partial charge in [0.1, 0.15) is 17.1 Å². The third-order valence-corrected chi connectivity index (χ3v) is 6.32. The number of ether oxygens (including phenoxy) is 1. The molecule has 6 nitrogen and oxygen atoms in total. The van der Waals surface area contributed by atoms with Crippen molar-refractivity contribution in [1.29, 1.82) is 0 Å². The molecule has 0 radical (unpaired) electrons. The molecule has 2 aromatic rings. The second-order valence-electron chi connectivity index (χ2n) is 8.47. The molecule has 182 valence electrons. The molecule has 1 fully saturated rings. The average molecular weight is 486 g/mol. The fourth-order valence-corrected chi connectivity index (χ4v) is 4.72. The van der Waals surface area contributed by atoms with Crippen LogP contribution in [0.5, 0.6) is 0 Å². The van der Waals surface area contributed by atoms with Gasteiger partial charge in [0.05, 0.1) is 12.2 Å². The second kappa shape index (κ2) is 8.17. The van der Waals surface area contributed by atoms with E-state index < -0.39 is 46.8 Å². The summed E-state index contributed by atoms with van der Waals surface area (Å²) >= 11 is 0. The second-order valence-corrected chi connectivity index (χ2v) is 8.47. The Morgan fingerprint density at radius 2 is 1.94 bits per heavy atom. The molecule has 2 heterocycles. The highest BCUT2D eigenvalue weighted by molar-refractivity contribution is 6.02. The van der Waals surface area contributed by atoms with Gasteiger partial charge in [-0.3, -0.25) is 9.78 Å². The van der Waals surface area contributed by atoms with Crippen molar-refractivity contribution in [3.05, 3.63) is 59.2 Å². The zero-order valence-corrected chi connectivity index (χ0v) is 17.8. The Kier molecular flexibility index (Phi) is 5.73. The number of fused-ring (bicyclic) bond motifs is 1. The van der Waals surface area contributed by atoms with E-state index in [-0.39, 0.29) is 42.4 Å². The number of nitrogens with zero attached hydrogens (tertiary/aromatic N) is 2. The Morgan fingerprint density at radius 3 is 2.56 bits per heavy atom. The Bertz CT molecular complexity index is 1130. The maximum Gasteiger partial charge on any atom is 0.417 e. The molecule has 1 aliphatic carbocycles. The Morgan fingerprint density at radius 1 is 1.21 bits per heavy atom. The summed E-state index contributed by atoms with van der Waals surface area (Å²) in [4.78, 5) is 20.3. The molecule has 4 rings (SSSR count). The number of hydrogen-bond donors (Lipinski definition) is 2. The number of anilines is 1. The van der Waals surface area contributed by atoms with Crippen LogP contribution in [0, 0.1) is 17.7 Å². The van der Waals surface area contributed by atoms with Crippen molar-refractivity contribution >= 4 is 17.6 Å². The molecule has 1 saturated carbocycles. The molecule has 34 heavy (non-hydrogen) atoms. The fraction of sp³-hybridized carbons (Fsp3) is 0.409. The van der Waals surface area contributed by atoms with E-state index in [0.29, 0.717) is 12.3 Å². The van der Waals surface area contributed by atoms with E-state index in [4.69, 9.17) is 10.5 Å². The number of halogens is 6. The van der Waals surface area contributed by atoms with Gasteiger partial charge in [0.2, 0.25) is 5.92 Å². The molecule has 0 bridgehead atoms. The first-order valence-electron chi connectivity index (χ1n) is 10.3. The summed E-state index contributed by atoms with van der Waals surface area (Å²) in [5.41, 5.74) is 3.04. The molecular formula is C22H20F6N4O2. The van der Waals surface area contributed by atoms with Crippen molar-refractivity contribution in [1.82, 2.24) is 4.98 Å². The summed E-state index contributed by atoms with van der Waals surface area (Å²) in [5.74, 6) is -6.61. The number of amides is 1. The lowest BCUT2D eigenvalue weighted by Gasteiger charge is -2.39. The number of rotatable bonds is 4.